The van der Waals surface area contributed by atoms with Gasteiger partial charge in [-0.05, 0) is 24.6 Å². The normalized spacial score (nSPS) is 18.9. The Hall–Kier alpha value is -1.84. The molecule has 1 aliphatic heterocycles. The van der Waals surface area contributed by atoms with Crippen LogP contribution in [0.3, 0.4) is 0 Å². The highest BCUT2D eigenvalue weighted by Crippen LogP contribution is 2.30. The molecule has 110 valence electrons. The maximum Gasteiger partial charge on any atom is 0.114 e. The number of nitrogens with one attached hydrogen (secondary N) is 2. The summed E-state index contributed by atoms with van der Waals surface area (Å²) in [6, 6.07) is 21.2. The average molecular weight is 281 g/mol. The molecular formula is C18H23N3. The van der Waals surface area contributed by atoms with Gasteiger partial charge in [-0.25, -0.2) is 0 Å². The minimum atomic E-state index is -0.190. The zero-order valence-electron chi connectivity index (χ0n) is 12.5. The van der Waals surface area contributed by atoms with Crippen molar-refractivity contribution in [3.8, 4) is 0 Å². The van der Waals surface area contributed by atoms with E-state index in [0.29, 0.717) is 0 Å². The van der Waals surface area contributed by atoms with E-state index in [4.69, 9.17) is 0 Å². The zero-order valence-corrected chi connectivity index (χ0v) is 12.5. The summed E-state index contributed by atoms with van der Waals surface area (Å²) < 4.78 is 0. The molecule has 2 aromatic carbocycles. The lowest BCUT2D eigenvalue weighted by molar-refractivity contribution is 0.110. The van der Waals surface area contributed by atoms with E-state index in [0.717, 1.165) is 31.9 Å². The van der Waals surface area contributed by atoms with Crippen LogP contribution < -0.4 is 10.6 Å². The summed E-state index contributed by atoms with van der Waals surface area (Å²) in [5.41, 5.74) is 2.27. The number of rotatable bonds is 4. The van der Waals surface area contributed by atoms with E-state index in [1.54, 1.807) is 0 Å². The van der Waals surface area contributed by atoms with Crippen molar-refractivity contribution in [1.82, 2.24) is 10.2 Å². The quantitative estimate of drug-likeness (QED) is 0.902. The number of anilines is 1. The molecule has 3 rings (SSSR count). The molecule has 0 saturated carbocycles. The van der Waals surface area contributed by atoms with Gasteiger partial charge in [0.15, 0.2) is 0 Å². The van der Waals surface area contributed by atoms with Gasteiger partial charge in [0.25, 0.3) is 0 Å². The Morgan fingerprint density at radius 2 is 1.48 bits per heavy atom. The van der Waals surface area contributed by atoms with Crippen LogP contribution in [-0.2, 0) is 5.66 Å². The van der Waals surface area contributed by atoms with Crippen LogP contribution >= 0.6 is 0 Å². The summed E-state index contributed by atoms with van der Waals surface area (Å²) in [5, 5.41) is 7.17. The highest BCUT2D eigenvalue weighted by molar-refractivity contribution is 5.47. The Kier molecular flexibility index (Phi) is 4.23. The maximum absolute atomic E-state index is 3.74. The van der Waals surface area contributed by atoms with E-state index in [1.807, 2.05) is 0 Å². The molecule has 3 nitrogen and oxygen atoms in total. The van der Waals surface area contributed by atoms with Gasteiger partial charge in [-0.2, -0.15) is 0 Å². The molecular weight excluding hydrogens is 258 g/mol. The Morgan fingerprint density at radius 1 is 0.905 bits per heavy atom. The fraction of sp³-hybridized carbons (Fsp3) is 0.333. The standard InChI is InChI=1S/C18H23N3/c1-18(16-8-4-2-5-9-16,21-14-12-19-13-15-21)20-17-10-6-3-7-11-17/h2-11,19-20H,12-15H2,1H3. The number of nitrogens with zero attached hydrogens (tertiary/aromatic N) is 1. The molecule has 0 amide bonds. The first-order chi connectivity index (χ1) is 10.3. The number of para-hydroxylation sites is 1. The Balaban J connectivity index is 1.94. The average Bonchev–Trinajstić information content (AvgIpc) is 2.57. The highest BCUT2D eigenvalue weighted by Gasteiger charge is 2.34. The van der Waals surface area contributed by atoms with Crippen LogP contribution in [0.1, 0.15) is 12.5 Å². The lowest BCUT2D eigenvalue weighted by atomic mass is 9.97. The maximum atomic E-state index is 3.74. The molecule has 1 saturated heterocycles. The lowest BCUT2D eigenvalue weighted by Crippen LogP contribution is -2.56. The van der Waals surface area contributed by atoms with Gasteiger partial charge < -0.3 is 10.6 Å². The Morgan fingerprint density at radius 3 is 2.10 bits per heavy atom. The molecule has 1 unspecified atom stereocenters. The van der Waals surface area contributed by atoms with Crippen LogP contribution in [0.4, 0.5) is 5.69 Å². The van der Waals surface area contributed by atoms with Crippen LogP contribution in [0.15, 0.2) is 60.7 Å². The van der Waals surface area contributed by atoms with E-state index in [9.17, 15) is 0 Å². The number of piperazine rings is 1. The summed E-state index contributed by atoms with van der Waals surface area (Å²) >= 11 is 0. The van der Waals surface area contributed by atoms with Crippen molar-refractivity contribution in [3.05, 3.63) is 66.2 Å². The van der Waals surface area contributed by atoms with Crippen molar-refractivity contribution in [2.75, 3.05) is 31.5 Å². The van der Waals surface area contributed by atoms with Crippen molar-refractivity contribution in [2.24, 2.45) is 0 Å². The van der Waals surface area contributed by atoms with Gasteiger partial charge in [0, 0.05) is 31.9 Å². The van der Waals surface area contributed by atoms with E-state index < -0.39 is 0 Å². The van der Waals surface area contributed by atoms with E-state index in [1.165, 1.54) is 5.56 Å². The largest absolute Gasteiger partial charge is 0.364 e. The number of hydrogen-bond donors (Lipinski definition) is 2. The van der Waals surface area contributed by atoms with Crippen molar-refractivity contribution < 1.29 is 0 Å². The van der Waals surface area contributed by atoms with Crippen LogP contribution in [0.5, 0.6) is 0 Å². The molecule has 0 aromatic heterocycles. The minimum absolute atomic E-state index is 0.190. The third kappa shape index (κ3) is 3.09. The smallest absolute Gasteiger partial charge is 0.114 e. The highest BCUT2D eigenvalue weighted by atomic mass is 15.3. The summed E-state index contributed by atoms with van der Waals surface area (Å²) in [5.74, 6) is 0. The molecule has 2 aromatic rings. The summed E-state index contributed by atoms with van der Waals surface area (Å²) in [6.07, 6.45) is 0. The number of benzene rings is 2. The first-order valence-electron chi connectivity index (χ1n) is 7.63. The SMILES string of the molecule is CC(Nc1ccccc1)(c1ccccc1)N1CCNCC1. The van der Waals surface area contributed by atoms with Gasteiger partial charge in [-0.3, -0.25) is 4.90 Å². The monoisotopic (exact) mass is 281 g/mol. The molecule has 0 spiro atoms. The summed E-state index contributed by atoms with van der Waals surface area (Å²) in [7, 11) is 0. The minimum Gasteiger partial charge on any atom is -0.364 e. The molecule has 1 fully saturated rings. The van der Waals surface area contributed by atoms with E-state index in [-0.39, 0.29) is 5.66 Å². The first-order valence-corrected chi connectivity index (χ1v) is 7.63. The van der Waals surface area contributed by atoms with Crippen molar-refractivity contribution in [3.63, 3.8) is 0 Å². The fourth-order valence-electron chi connectivity index (χ4n) is 3.01. The summed E-state index contributed by atoms with van der Waals surface area (Å²) in [6.45, 7) is 6.45. The van der Waals surface area contributed by atoms with Crippen LogP contribution in [-0.4, -0.2) is 31.1 Å². The Labute approximate surface area is 127 Å². The number of hydrogen-bond acceptors (Lipinski definition) is 3. The van der Waals surface area contributed by atoms with Gasteiger partial charge in [-0.1, -0.05) is 48.5 Å². The summed E-state index contributed by atoms with van der Waals surface area (Å²) in [4.78, 5) is 2.52. The molecule has 1 heterocycles. The second kappa shape index (κ2) is 6.29. The van der Waals surface area contributed by atoms with Crippen molar-refractivity contribution >= 4 is 5.69 Å². The third-order valence-electron chi connectivity index (χ3n) is 4.25. The van der Waals surface area contributed by atoms with Crippen LogP contribution in [0, 0.1) is 0 Å². The van der Waals surface area contributed by atoms with E-state index in [2.05, 4.69) is 83.1 Å². The van der Waals surface area contributed by atoms with Gasteiger partial charge in [0.1, 0.15) is 5.66 Å². The lowest BCUT2D eigenvalue weighted by Gasteiger charge is -2.45. The van der Waals surface area contributed by atoms with Crippen LogP contribution in [0.2, 0.25) is 0 Å². The second-order valence-corrected chi connectivity index (χ2v) is 5.67. The fourth-order valence-corrected chi connectivity index (χ4v) is 3.01. The van der Waals surface area contributed by atoms with Gasteiger partial charge in [0.2, 0.25) is 0 Å². The molecule has 0 aliphatic carbocycles. The molecule has 0 bridgehead atoms. The molecule has 2 N–H and O–H groups in total. The third-order valence-corrected chi connectivity index (χ3v) is 4.25. The molecule has 21 heavy (non-hydrogen) atoms. The predicted octanol–water partition coefficient (Wildman–Crippen LogP) is 2.88. The van der Waals surface area contributed by atoms with E-state index >= 15 is 0 Å². The van der Waals surface area contributed by atoms with Gasteiger partial charge in [0.05, 0.1) is 0 Å². The van der Waals surface area contributed by atoms with Crippen LogP contribution in [0.25, 0.3) is 0 Å². The van der Waals surface area contributed by atoms with Crippen molar-refractivity contribution in [1.29, 1.82) is 0 Å². The predicted molar refractivity (Wildman–Crippen MR) is 88.3 cm³/mol. The van der Waals surface area contributed by atoms with Gasteiger partial charge in [-0.15, -0.1) is 0 Å². The Bertz CT molecular complexity index is 549. The molecule has 1 aliphatic rings. The van der Waals surface area contributed by atoms with Gasteiger partial charge >= 0.3 is 0 Å². The topological polar surface area (TPSA) is 27.3 Å². The molecule has 1 atom stereocenters. The molecule has 3 heteroatoms. The second-order valence-electron chi connectivity index (χ2n) is 5.67. The van der Waals surface area contributed by atoms with Crippen molar-refractivity contribution in [2.45, 2.75) is 12.6 Å². The molecule has 0 radical (unpaired) electrons. The zero-order chi connectivity index (χ0) is 14.5. The first kappa shape index (κ1) is 14.1.